The molecule has 0 radical (unpaired) electrons. The molecule has 0 aliphatic carbocycles. The monoisotopic (exact) mass is 304 g/mol. The lowest BCUT2D eigenvalue weighted by molar-refractivity contribution is 0.324. The van der Waals surface area contributed by atoms with Crippen LogP contribution in [0.3, 0.4) is 0 Å². The van der Waals surface area contributed by atoms with Crippen molar-refractivity contribution in [2.24, 2.45) is 5.10 Å². The van der Waals surface area contributed by atoms with E-state index in [0.29, 0.717) is 17.2 Å². The molecule has 2 aromatic rings. The molecule has 0 fully saturated rings. The molecule has 1 heterocycles. The van der Waals surface area contributed by atoms with Crippen LogP contribution in [0.5, 0.6) is 17.2 Å². The summed E-state index contributed by atoms with van der Waals surface area (Å²) in [5, 5.41) is 4.00. The van der Waals surface area contributed by atoms with Crippen LogP contribution >= 0.6 is 0 Å². The van der Waals surface area contributed by atoms with Crippen LogP contribution in [0.15, 0.2) is 34.3 Å². The summed E-state index contributed by atoms with van der Waals surface area (Å²) in [6.45, 7) is 0. The second kappa shape index (κ2) is 7.11. The minimum absolute atomic E-state index is 0.246. The molecular formula is C14H16N4O4. The van der Waals surface area contributed by atoms with Crippen molar-refractivity contribution < 1.29 is 14.2 Å². The van der Waals surface area contributed by atoms with Gasteiger partial charge in [0.2, 0.25) is 11.7 Å². The van der Waals surface area contributed by atoms with Crippen molar-refractivity contribution in [2.75, 3.05) is 26.8 Å². The summed E-state index contributed by atoms with van der Waals surface area (Å²) < 4.78 is 15.7. The Morgan fingerprint density at radius 3 is 2.41 bits per heavy atom. The fourth-order valence-electron chi connectivity index (χ4n) is 1.77. The summed E-state index contributed by atoms with van der Waals surface area (Å²) in [6, 6.07) is 4.80. The molecule has 0 spiro atoms. The van der Waals surface area contributed by atoms with E-state index in [-0.39, 0.29) is 11.5 Å². The Kier molecular flexibility index (Phi) is 4.97. The average molecular weight is 304 g/mol. The Balaban J connectivity index is 2.22. The van der Waals surface area contributed by atoms with Crippen molar-refractivity contribution >= 4 is 12.2 Å². The van der Waals surface area contributed by atoms with Crippen LogP contribution in [0.25, 0.3) is 0 Å². The highest BCUT2D eigenvalue weighted by atomic mass is 16.5. The summed E-state index contributed by atoms with van der Waals surface area (Å²) >= 11 is 0. The largest absolute Gasteiger partial charge is 0.493 e. The molecular weight excluding hydrogens is 288 g/mol. The number of hydrazone groups is 1. The third kappa shape index (κ3) is 3.54. The predicted octanol–water partition coefficient (Wildman–Crippen LogP) is 1.24. The number of hydrogen-bond donors (Lipinski definition) is 2. The van der Waals surface area contributed by atoms with Gasteiger partial charge in [-0.05, 0) is 12.1 Å². The number of benzene rings is 1. The lowest BCUT2D eigenvalue weighted by atomic mass is 10.2. The average Bonchev–Trinajstić information content (AvgIpc) is 2.53. The first kappa shape index (κ1) is 15.4. The molecule has 1 aromatic heterocycles. The molecule has 0 saturated carbocycles. The minimum Gasteiger partial charge on any atom is -0.493 e. The number of methoxy groups -OCH3 is 3. The van der Waals surface area contributed by atoms with Crippen LogP contribution < -0.4 is 25.2 Å². The number of aromatic nitrogens is 2. The number of ether oxygens (including phenoxy) is 3. The molecule has 0 aliphatic rings. The summed E-state index contributed by atoms with van der Waals surface area (Å²) in [5.41, 5.74) is 3.09. The van der Waals surface area contributed by atoms with Gasteiger partial charge in [0.15, 0.2) is 11.5 Å². The van der Waals surface area contributed by atoms with E-state index in [4.69, 9.17) is 14.2 Å². The highest BCUT2D eigenvalue weighted by molar-refractivity contribution is 5.82. The minimum atomic E-state index is -0.263. The van der Waals surface area contributed by atoms with Crippen molar-refractivity contribution in [2.45, 2.75) is 0 Å². The first-order valence-electron chi connectivity index (χ1n) is 6.32. The summed E-state index contributed by atoms with van der Waals surface area (Å²) in [6.07, 6.45) is 2.92. The highest BCUT2D eigenvalue weighted by Gasteiger charge is 2.12. The van der Waals surface area contributed by atoms with Gasteiger partial charge in [-0.15, -0.1) is 0 Å². The van der Waals surface area contributed by atoms with Crippen molar-refractivity contribution in [3.8, 4) is 17.2 Å². The number of rotatable bonds is 6. The molecule has 8 heteroatoms. The zero-order valence-electron chi connectivity index (χ0n) is 12.4. The van der Waals surface area contributed by atoms with E-state index in [9.17, 15) is 4.79 Å². The standard InChI is InChI=1S/C14H16N4O4/c1-20-10-6-9(7-11(21-2)13(10)22-3)8-16-18-14-15-5-4-12(19)17-14/h4-8H,1-3H3,(H2,15,17,18,19)/b16-8-. The molecule has 22 heavy (non-hydrogen) atoms. The molecule has 0 aliphatic heterocycles. The van der Waals surface area contributed by atoms with Gasteiger partial charge in [0.25, 0.3) is 5.56 Å². The van der Waals surface area contributed by atoms with Crippen LogP contribution in [0.1, 0.15) is 5.56 Å². The van der Waals surface area contributed by atoms with Gasteiger partial charge in [-0.3, -0.25) is 9.78 Å². The Labute approximate surface area is 126 Å². The topological polar surface area (TPSA) is 97.8 Å². The van der Waals surface area contributed by atoms with Gasteiger partial charge in [-0.25, -0.2) is 10.4 Å². The van der Waals surface area contributed by atoms with E-state index in [2.05, 4.69) is 20.5 Å². The van der Waals surface area contributed by atoms with Crippen molar-refractivity contribution in [3.63, 3.8) is 0 Å². The third-order valence-electron chi connectivity index (χ3n) is 2.74. The maximum atomic E-state index is 11.1. The van der Waals surface area contributed by atoms with Gasteiger partial charge in [0.1, 0.15) is 0 Å². The summed E-state index contributed by atoms with van der Waals surface area (Å²) in [4.78, 5) is 17.5. The van der Waals surface area contributed by atoms with Gasteiger partial charge in [0.05, 0.1) is 27.5 Å². The van der Waals surface area contributed by atoms with E-state index >= 15 is 0 Å². The zero-order chi connectivity index (χ0) is 15.9. The summed E-state index contributed by atoms with van der Waals surface area (Å²) in [7, 11) is 4.61. The van der Waals surface area contributed by atoms with Gasteiger partial charge < -0.3 is 14.2 Å². The van der Waals surface area contributed by atoms with Gasteiger partial charge in [-0.2, -0.15) is 5.10 Å². The lowest BCUT2D eigenvalue weighted by Gasteiger charge is -2.12. The molecule has 0 unspecified atom stereocenters. The SMILES string of the molecule is COc1cc(/C=N\Nc2nccc(=O)[nH]2)cc(OC)c1OC. The van der Waals surface area contributed by atoms with Crippen LogP contribution in [0, 0.1) is 0 Å². The first-order chi connectivity index (χ1) is 10.7. The molecule has 2 rings (SSSR count). The van der Waals surface area contributed by atoms with E-state index in [1.807, 2.05) is 0 Å². The maximum Gasteiger partial charge on any atom is 0.252 e. The number of aromatic amines is 1. The predicted molar refractivity (Wildman–Crippen MR) is 82.2 cm³/mol. The zero-order valence-corrected chi connectivity index (χ0v) is 12.4. The molecule has 0 atom stereocenters. The van der Waals surface area contributed by atoms with Gasteiger partial charge >= 0.3 is 0 Å². The van der Waals surface area contributed by atoms with E-state index in [0.717, 1.165) is 5.56 Å². The third-order valence-corrected chi connectivity index (χ3v) is 2.74. The second-order valence-corrected chi connectivity index (χ2v) is 4.11. The lowest BCUT2D eigenvalue weighted by Crippen LogP contribution is -2.08. The number of H-pyrrole nitrogens is 1. The Morgan fingerprint density at radius 2 is 1.86 bits per heavy atom. The molecule has 0 amide bonds. The Morgan fingerprint density at radius 1 is 1.18 bits per heavy atom. The molecule has 2 N–H and O–H groups in total. The smallest absolute Gasteiger partial charge is 0.252 e. The molecule has 0 saturated heterocycles. The highest BCUT2D eigenvalue weighted by Crippen LogP contribution is 2.37. The number of hydrogen-bond acceptors (Lipinski definition) is 7. The first-order valence-corrected chi connectivity index (χ1v) is 6.32. The fourth-order valence-corrected chi connectivity index (χ4v) is 1.77. The second-order valence-electron chi connectivity index (χ2n) is 4.11. The number of anilines is 1. The number of nitrogens with zero attached hydrogens (tertiary/aromatic N) is 2. The molecule has 0 bridgehead atoms. The quantitative estimate of drug-likeness (QED) is 0.615. The van der Waals surface area contributed by atoms with Crippen LogP contribution in [-0.2, 0) is 0 Å². The van der Waals surface area contributed by atoms with Crippen molar-refractivity contribution in [1.29, 1.82) is 0 Å². The molecule has 116 valence electrons. The van der Waals surface area contributed by atoms with Crippen LogP contribution in [-0.4, -0.2) is 37.5 Å². The Hall–Kier alpha value is -3.03. The van der Waals surface area contributed by atoms with Crippen LogP contribution in [0.2, 0.25) is 0 Å². The van der Waals surface area contributed by atoms with Gasteiger partial charge in [-0.1, -0.05) is 0 Å². The van der Waals surface area contributed by atoms with Crippen molar-refractivity contribution in [3.05, 3.63) is 40.3 Å². The molecule has 8 nitrogen and oxygen atoms in total. The van der Waals surface area contributed by atoms with E-state index < -0.39 is 0 Å². The molecule has 1 aromatic carbocycles. The summed E-state index contributed by atoms with van der Waals surface area (Å²) in [5.74, 6) is 1.80. The van der Waals surface area contributed by atoms with E-state index in [1.54, 1.807) is 12.1 Å². The van der Waals surface area contributed by atoms with Gasteiger partial charge in [0, 0.05) is 17.8 Å². The van der Waals surface area contributed by atoms with Crippen molar-refractivity contribution in [1.82, 2.24) is 9.97 Å². The Bertz CT molecular complexity index is 702. The fraction of sp³-hybridized carbons (Fsp3) is 0.214. The maximum absolute atomic E-state index is 11.1. The van der Waals surface area contributed by atoms with Crippen LogP contribution in [0.4, 0.5) is 5.95 Å². The van der Waals surface area contributed by atoms with E-state index in [1.165, 1.54) is 39.8 Å². The normalized spacial score (nSPS) is 10.5. The number of nitrogens with one attached hydrogen (secondary N) is 2.